The quantitative estimate of drug-likeness (QED) is 0.879. The van der Waals surface area contributed by atoms with Crippen LogP contribution in [-0.2, 0) is 12.8 Å². The normalized spacial score (nSPS) is 18.9. The van der Waals surface area contributed by atoms with Gasteiger partial charge in [0.1, 0.15) is 0 Å². The Kier molecular flexibility index (Phi) is 3.43. The number of carbonyl (C=O) groups is 1. The molecule has 0 aliphatic heterocycles. The maximum absolute atomic E-state index is 12.1. The van der Waals surface area contributed by atoms with Gasteiger partial charge in [-0.05, 0) is 30.7 Å². The molecule has 0 saturated carbocycles. The van der Waals surface area contributed by atoms with Crippen LogP contribution < -0.4 is 5.73 Å². The van der Waals surface area contributed by atoms with Crippen molar-refractivity contribution in [2.45, 2.75) is 32.6 Å². The molecule has 1 unspecified atom stereocenters. The average Bonchev–Trinajstić information content (AvgIpc) is 2.62. The van der Waals surface area contributed by atoms with E-state index in [1.807, 2.05) is 0 Å². The van der Waals surface area contributed by atoms with E-state index < -0.39 is 0 Å². The molecule has 1 heterocycles. The number of hydrogen-bond acceptors (Lipinski definition) is 3. The van der Waals surface area contributed by atoms with Crippen LogP contribution in [0.4, 0.5) is 5.00 Å². The Labute approximate surface area is 107 Å². The molecule has 0 fully saturated rings. The molecule has 4 heteroatoms. The van der Waals surface area contributed by atoms with Crippen LogP contribution in [0.25, 0.3) is 0 Å². The highest BCUT2D eigenvalue weighted by atomic mass is 32.1. The summed E-state index contributed by atoms with van der Waals surface area (Å²) in [7, 11) is 3.56. The topological polar surface area (TPSA) is 46.3 Å². The Morgan fingerprint density at radius 1 is 1.53 bits per heavy atom. The molecular weight excluding hydrogens is 232 g/mol. The lowest BCUT2D eigenvalue weighted by molar-refractivity contribution is 0.0827. The smallest absolute Gasteiger partial charge is 0.256 e. The van der Waals surface area contributed by atoms with Gasteiger partial charge in [-0.3, -0.25) is 4.79 Å². The van der Waals surface area contributed by atoms with Gasteiger partial charge in [-0.25, -0.2) is 0 Å². The second kappa shape index (κ2) is 4.69. The van der Waals surface area contributed by atoms with E-state index >= 15 is 0 Å². The van der Waals surface area contributed by atoms with Crippen LogP contribution >= 0.6 is 11.3 Å². The van der Waals surface area contributed by atoms with E-state index in [2.05, 4.69) is 6.92 Å². The van der Waals surface area contributed by atoms with Crippen molar-refractivity contribution in [3.05, 3.63) is 16.0 Å². The first-order valence-corrected chi connectivity index (χ1v) is 6.97. The molecule has 0 radical (unpaired) electrons. The van der Waals surface area contributed by atoms with Crippen LogP contribution in [0.15, 0.2) is 0 Å². The summed E-state index contributed by atoms with van der Waals surface area (Å²) < 4.78 is 0. The Morgan fingerprint density at radius 2 is 2.24 bits per heavy atom. The number of nitrogens with zero attached hydrogens (tertiary/aromatic N) is 1. The van der Waals surface area contributed by atoms with Crippen LogP contribution in [-0.4, -0.2) is 24.9 Å². The van der Waals surface area contributed by atoms with Crippen molar-refractivity contribution in [3.63, 3.8) is 0 Å². The minimum atomic E-state index is 0.0509. The number of carbonyl (C=O) groups excluding carboxylic acids is 1. The largest absolute Gasteiger partial charge is 0.390 e. The van der Waals surface area contributed by atoms with Crippen molar-refractivity contribution < 1.29 is 4.79 Å². The maximum atomic E-state index is 12.1. The van der Waals surface area contributed by atoms with Gasteiger partial charge in [-0.2, -0.15) is 0 Å². The molecule has 1 aromatic rings. The lowest BCUT2D eigenvalue weighted by atomic mass is 9.85. The first-order chi connectivity index (χ1) is 8.04. The first-order valence-electron chi connectivity index (χ1n) is 6.16. The van der Waals surface area contributed by atoms with Crippen LogP contribution in [0.3, 0.4) is 0 Å². The van der Waals surface area contributed by atoms with E-state index in [1.54, 1.807) is 30.3 Å². The van der Waals surface area contributed by atoms with Crippen molar-refractivity contribution in [2.24, 2.45) is 5.92 Å². The number of thiophene rings is 1. The third-order valence-corrected chi connectivity index (χ3v) is 4.68. The van der Waals surface area contributed by atoms with Crippen LogP contribution in [0.2, 0.25) is 0 Å². The highest BCUT2D eigenvalue weighted by Gasteiger charge is 2.27. The second-order valence-corrected chi connectivity index (χ2v) is 6.10. The molecule has 1 atom stereocenters. The number of anilines is 1. The molecule has 3 nitrogen and oxygen atoms in total. The van der Waals surface area contributed by atoms with Crippen LogP contribution in [0, 0.1) is 5.92 Å². The molecule has 0 bridgehead atoms. The SMILES string of the molecule is CCC1CCc2c(sc(N)c2C(=O)N(C)C)C1. The van der Waals surface area contributed by atoms with E-state index in [0.29, 0.717) is 5.00 Å². The van der Waals surface area contributed by atoms with E-state index in [4.69, 9.17) is 5.73 Å². The Morgan fingerprint density at radius 3 is 2.82 bits per heavy atom. The summed E-state index contributed by atoms with van der Waals surface area (Å²) in [5.74, 6) is 0.817. The second-order valence-electron chi connectivity index (χ2n) is 4.96. The molecule has 17 heavy (non-hydrogen) atoms. The van der Waals surface area contributed by atoms with Gasteiger partial charge in [0, 0.05) is 19.0 Å². The van der Waals surface area contributed by atoms with Crippen molar-refractivity contribution in [3.8, 4) is 0 Å². The van der Waals surface area contributed by atoms with Gasteiger partial charge in [0.15, 0.2) is 0 Å². The number of hydrogen-bond donors (Lipinski definition) is 1. The van der Waals surface area contributed by atoms with Crippen molar-refractivity contribution in [1.29, 1.82) is 0 Å². The molecule has 1 aliphatic carbocycles. The van der Waals surface area contributed by atoms with Gasteiger partial charge < -0.3 is 10.6 Å². The summed E-state index contributed by atoms with van der Waals surface area (Å²) in [4.78, 5) is 15.1. The average molecular weight is 252 g/mol. The fraction of sp³-hybridized carbons (Fsp3) is 0.615. The summed E-state index contributed by atoms with van der Waals surface area (Å²) in [6.45, 7) is 2.23. The van der Waals surface area contributed by atoms with Gasteiger partial charge in [0.25, 0.3) is 5.91 Å². The van der Waals surface area contributed by atoms with E-state index in [9.17, 15) is 4.79 Å². The summed E-state index contributed by atoms with van der Waals surface area (Å²) >= 11 is 1.61. The molecular formula is C13H20N2OS. The zero-order valence-electron chi connectivity index (χ0n) is 10.7. The van der Waals surface area contributed by atoms with Crippen LogP contribution in [0.1, 0.15) is 40.6 Å². The third-order valence-electron chi connectivity index (χ3n) is 3.59. The van der Waals surface area contributed by atoms with Crippen LogP contribution in [0.5, 0.6) is 0 Å². The molecule has 0 saturated heterocycles. The predicted molar refractivity (Wildman–Crippen MR) is 72.6 cm³/mol. The fourth-order valence-corrected chi connectivity index (χ4v) is 3.71. The molecule has 1 aromatic heterocycles. The number of nitrogen functional groups attached to an aromatic ring is 1. The Bertz CT molecular complexity index is 437. The maximum Gasteiger partial charge on any atom is 0.256 e. The summed E-state index contributed by atoms with van der Waals surface area (Å²) in [5, 5.41) is 0.699. The minimum Gasteiger partial charge on any atom is -0.390 e. The number of fused-ring (bicyclic) bond motifs is 1. The van der Waals surface area contributed by atoms with Crippen molar-refractivity contribution >= 4 is 22.2 Å². The molecule has 1 amide bonds. The fourth-order valence-electron chi connectivity index (χ4n) is 2.48. The molecule has 94 valence electrons. The van der Waals surface area contributed by atoms with E-state index in [1.165, 1.54) is 23.3 Å². The van der Waals surface area contributed by atoms with Gasteiger partial charge in [0.2, 0.25) is 0 Å². The number of amides is 1. The minimum absolute atomic E-state index is 0.0509. The Balaban J connectivity index is 2.37. The van der Waals surface area contributed by atoms with Gasteiger partial charge >= 0.3 is 0 Å². The van der Waals surface area contributed by atoms with E-state index in [0.717, 1.165) is 24.3 Å². The number of nitrogens with two attached hydrogens (primary N) is 1. The summed E-state index contributed by atoms with van der Waals surface area (Å²) in [5.41, 5.74) is 8.00. The molecule has 0 spiro atoms. The molecule has 2 rings (SSSR count). The standard InChI is InChI=1S/C13H20N2OS/c1-4-8-5-6-9-10(7-8)17-12(14)11(9)13(16)15(2)3/h8H,4-7,14H2,1-3H3. The van der Waals surface area contributed by atoms with Gasteiger partial charge in [-0.1, -0.05) is 13.3 Å². The summed E-state index contributed by atoms with van der Waals surface area (Å²) in [6, 6.07) is 0. The van der Waals surface area contributed by atoms with E-state index in [-0.39, 0.29) is 5.91 Å². The van der Waals surface area contributed by atoms with Gasteiger partial charge in [-0.15, -0.1) is 11.3 Å². The highest BCUT2D eigenvalue weighted by Crippen LogP contribution is 2.39. The molecule has 1 aliphatic rings. The zero-order valence-corrected chi connectivity index (χ0v) is 11.6. The zero-order chi connectivity index (χ0) is 12.6. The lowest BCUT2D eigenvalue weighted by Gasteiger charge is -2.21. The predicted octanol–water partition coefficient (Wildman–Crippen LogP) is 2.55. The lowest BCUT2D eigenvalue weighted by Crippen LogP contribution is -2.24. The monoisotopic (exact) mass is 252 g/mol. The molecule has 2 N–H and O–H groups in total. The Hall–Kier alpha value is -1.03. The highest BCUT2D eigenvalue weighted by molar-refractivity contribution is 7.16. The molecule has 0 aromatic carbocycles. The first kappa shape index (κ1) is 12.4. The number of rotatable bonds is 2. The van der Waals surface area contributed by atoms with Gasteiger partial charge in [0.05, 0.1) is 10.6 Å². The van der Waals surface area contributed by atoms with Crippen molar-refractivity contribution in [2.75, 3.05) is 19.8 Å². The summed E-state index contributed by atoms with van der Waals surface area (Å²) in [6.07, 6.45) is 4.51. The van der Waals surface area contributed by atoms with Crippen molar-refractivity contribution in [1.82, 2.24) is 4.90 Å². The third kappa shape index (κ3) is 2.18.